The lowest BCUT2D eigenvalue weighted by molar-refractivity contribution is 0.0987. The Morgan fingerprint density at radius 3 is 2.85 bits per heavy atom. The van der Waals surface area contributed by atoms with Gasteiger partial charge in [-0.25, -0.2) is 4.39 Å². The van der Waals surface area contributed by atoms with E-state index in [1.54, 1.807) is 22.7 Å². The van der Waals surface area contributed by atoms with Gasteiger partial charge in [0.05, 0.1) is 11.4 Å². The van der Waals surface area contributed by atoms with Crippen molar-refractivity contribution >= 4 is 29.0 Å². The van der Waals surface area contributed by atoms with Crippen molar-refractivity contribution in [3.63, 3.8) is 0 Å². The van der Waals surface area contributed by atoms with Crippen molar-refractivity contribution in [2.24, 2.45) is 0 Å². The first-order valence-electron chi connectivity index (χ1n) is 6.25. The molecule has 5 heteroatoms. The Bertz CT molecular complexity index is 675. The van der Waals surface area contributed by atoms with Crippen LogP contribution in [0.25, 0.3) is 0 Å². The first-order valence-corrected chi connectivity index (χ1v) is 7.24. The summed E-state index contributed by atoms with van der Waals surface area (Å²) in [4.78, 5) is 15.3. The summed E-state index contributed by atoms with van der Waals surface area (Å²) in [6.07, 6.45) is 0. The highest BCUT2D eigenvalue weighted by Crippen LogP contribution is 2.35. The zero-order valence-electron chi connectivity index (χ0n) is 10.7. The molecule has 3 rings (SSSR count). The molecule has 1 amide bonds. The molecule has 0 fully saturated rings. The summed E-state index contributed by atoms with van der Waals surface area (Å²) in [5.41, 5.74) is 6.69. The van der Waals surface area contributed by atoms with Gasteiger partial charge in [-0.15, -0.1) is 11.8 Å². The number of hydrogen-bond acceptors (Lipinski definition) is 3. The number of amides is 1. The first-order chi connectivity index (χ1) is 9.66. The normalized spacial score (nSPS) is 13.9. The minimum atomic E-state index is -0.560. The fourth-order valence-electron chi connectivity index (χ4n) is 2.20. The summed E-state index contributed by atoms with van der Waals surface area (Å²) in [7, 11) is 0. The van der Waals surface area contributed by atoms with Crippen molar-refractivity contribution in [2.45, 2.75) is 4.90 Å². The van der Waals surface area contributed by atoms with Gasteiger partial charge in [-0.05, 0) is 30.3 Å². The number of fused-ring (bicyclic) bond motifs is 1. The minimum Gasteiger partial charge on any atom is -0.396 e. The Kier molecular flexibility index (Phi) is 3.36. The number of carbonyl (C=O) groups is 1. The summed E-state index contributed by atoms with van der Waals surface area (Å²) < 4.78 is 13.5. The molecule has 0 bridgehead atoms. The van der Waals surface area contributed by atoms with Crippen molar-refractivity contribution in [1.82, 2.24) is 0 Å². The maximum absolute atomic E-state index is 13.5. The molecule has 2 aromatic rings. The van der Waals surface area contributed by atoms with E-state index in [9.17, 15) is 9.18 Å². The highest BCUT2D eigenvalue weighted by atomic mass is 32.2. The maximum Gasteiger partial charge on any atom is 0.258 e. The average Bonchev–Trinajstić information content (AvgIpc) is 2.49. The van der Waals surface area contributed by atoms with E-state index in [0.717, 1.165) is 16.3 Å². The Balaban J connectivity index is 1.97. The third kappa shape index (κ3) is 2.25. The zero-order valence-corrected chi connectivity index (χ0v) is 11.5. The molecule has 1 heterocycles. The van der Waals surface area contributed by atoms with Crippen molar-refractivity contribution in [3.05, 3.63) is 53.8 Å². The largest absolute Gasteiger partial charge is 0.396 e. The summed E-state index contributed by atoms with van der Waals surface area (Å²) in [5, 5.41) is 0. The maximum atomic E-state index is 13.5. The lowest BCUT2D eigenvalue weighted by atomic mass is 10.1. The van der Waals surface area contributed by atoms with Crippen LogP contribution in [0.3, 0.4) is 0 Å². The second-order valence-corrected chi connectivity index (χ2v) is 5.65. The van der Waals surface area contributed by atoms with Crippen LogP contribution >= 0.6 is 11.8 Å². The fourth-order valence-corrected chi connectivity index (χ4v) is 3.19. The molecule has 0 radical (unpaired) electrons. The average molecular weight is 288 g/mol. The number of thioether (sulfide) groups is 1. The van der Waals surface area contributed by atoms with E-state index < -0.39 is 5.82 Å². The van der Waals surface area contributed by atoms with Gasteiger partial charge in [0, 0.05) is 22.8 Å². The second-order valence-electron chi connectivity index (χ2n) is 4.51. The number of halogens is 1. The number of anilines is 2. The van der Waals surface area contributed by atoms with Gasteiger partial charge in [-0.2, -0.15) is 0 Å². The van der Waals surface area contributed by atoms with Crippen LogP contribution in [0.1, 0.15) is 10.4 Å². The first kappa shape index (κ1) is 13.0. The molecule has 20 heavy (non-hydrogen) atoms. The van der Waals surface area contributed by atoms with Crippen LogP contribution in [0.2, 0.25) is 0 Å². The lowest BCUT2D eigenvalue weighted by Gasteiger charge is -2.29. The Hall–Kier alpha value is -2.01. The molecular formula is C15H13FN2OS. The van der Waals surface area contributed by atoms with Crippen molar-refractivity contribution < 1.29 is 9.18 Å². The summed E-state index contributed by atoms with van der Waals surface area (Å²) in [6, 6.07) is 11.9. The second kappa shape index (κ2) is 5.17. The topological polar surface area (TPSA) is 46.3 Å². The molecule has 0 atom stereocenters. The van der Waals surface area contributed by atoms with E-state index in [-0.39, 0.29) is 11.6 Å². The number of benzene rings is 2. The van der Waals surface area contributed by atoms with E-state index in [1.807, 2.05) is 24.3 Å². The Morgan fingerprint density at radius 1 is 1.25 bits per heavy atom. The van der Waals surface area contributed by atoms with E-state index >= 15 is 0 Å². The van der Waals surface area contributed by atoms with Crippen LogP contribution in [0.15, 0.2) is 47.4 Å². The van der Waals surface area contributed by atoms with E-state index in [0.29, 0.717) is 12.1 Å². The smallest absolute Gasteiger partial charge is 0.258 e. The quantitative estimate of drug-likeness (QED) is 0.820. The summed E-state index contributed by atoms with van der Waals surface area (Å²) >= 11 is 1.72. The van der Waals surface area contributed by atoms with Crippen LogP contribution in [-0.4, -0.2) is 18.2 Å². The third-order valence-electron chi connectivity index (χ3n) is 3.22. The van der Waals surface area contributed by atoms with E-state index in [2.05, 4.69) is 0 Å². The SMILES string of the molecule is Nc1ccc(C(=O)N2CCSc3ccccc32)cc1F. The van der Waals surface area contributed by atoms with Gasteiger partial charge in [0.2, 0.25) is 0 Å². The van der Waals surface area contributed by atoms with Crippen LogP contribution in [0.5, 0.6) is 0 Å². The zero-order chi connectivity index (χ0) is 14.1. The molecular weight excluding hydrogens is 275 g/mol. The number of nitrogens with zero attached hydrogens (tertiary/aromatic N) is 1. The van der Waals surface area contributed by atoms with E-state index in [4.69, 9.17) is 5.73 Å². The predicted molar refractivity (Wildman–Crippen MR) is 79.7 cm³/mol. The van der Waals surface area contributed by atoms with Gasteiger partial charge in [0.25, 0.3) is 5.91 Å². The van der Waals surface area contributed by atoms with Crippen LogP contribution in [0.4, 0.5) is 15.8 Å². The van der Waals surface area contributed by atoms with Crippen molar-refractivity contribution in [3.8, 4) is 0 Å². The molecule has 0 aromatic heterocycles. The lowest BCUT2D eigenvalue weighted by Crippen LogP contribution is -2.35. The van der Waals surface area contributed by atoms with E-state index in [1.165, 1.54) is 12.1 Å². The fraction of sp³-hybridized carbons (Fsp3) is 0.133. The Labute approximate surface area is 120 Å². The number of nitrogens with two attached hydrogens (primary N) is 1. The molecule has 1 aliphatic rings. The highest BCUT2D eigenvalue weighted by molar-refractivity contribution is 7.99. The van der Waals surface area contributed by atoms with Gasteiger partial charge in [0.1, 0.15) is 5.82 Å². The molecule has 102 valence electrons. The van der Waals surface area contributed by atoms with Crippen molar-refractivity contribution in [2.75, 3.05) is 22.9 Å². The summed E-state index contributed by atoms with van der Waals surface area (Å²) in [6.45, 7) is 0.618. The van der Waals surface area contributed by atoms with Crippen LogP contribution in [-0.2, 0) is 0 Å². The molecule has 3 nitrogen and oxygen atoms in total. The molecule has 0 spiro atoms. The number of nitrogen functional groups attached to an aromatic ring is 1. The Morgan fingerprint density at radius 2 is 2.05 bits per heavy atom. The molecule has 0 unspecified atom stereocenters. The standard InChI is InChI=1S/C15H13FN2OS/c16-11-9-10(5-6-12(11)17)15(19)18-7-8-20-14-4-2-1-3-13(14)18/h1-6,9H,7-8,17H2. The number of carbonyl (C=O) groups excluding carboxylic acids is 1. The van der Waals surface area contributed by atoms with Crippen LogP contribution in [0, 0.1) is 5.82 Å². The predicted octanol–water partition coefficient (Wildman–Crippen LogP) is 3.16. The van der Waals surface area contributed by atoms with Gasteiger partial charge >= 0.3 is 0 Å². The monoisotopic (exact) mass is 288 g/mol. The molecule has 0 saturated carbocycles. The van der Waals surface area contributed by atoms with Gasteiger partial charge in [0.15, 0.2) is 0 Å². The highest BCUT2D eigenvalue weighted by Gasteiger charge is 2.24. The number of rotatable bonds is 1. The van der Waals surface area contributed by atoms with Gasteiger partial charge < -0.3 is 10.6 Å². The molecule has 0 aliphatic carbocycles. The third-order valence-corrected chi connectivity index (χ3v) is 4.26. The number of hydrogen-bond donors (Lipinski definition) is 1. The molecule has 2 aromatic carbocycles. The van der Waals surface area contributed by atoms with Crippen molar-refractivity contribution in [1.29, 1.82) is 0 Å². The molecule has 1 aliphatic heterocycles. The molecule has 2 N–H and O–H groups in total. The van der Waals surface area contributed by atoms with Gasteiger partial charge in [-0.3, -0.25) is 4.79 Å². The summed E-state index contributed by atoms with van der Waals surface area (Å²) in [5.74, 6) is 0.0763. The minimum absolute atomic E-state index is 0.0520. The molecule has 0 saturated heterocycles. The number of para-hydroxylation sites is 1. The van der Waals surface area contributed by atoms with Crippen LogP contribution < -0.4 is 10.6 Å². The van der Waals surface area contributed by atoms with Gasteiger partial charge in [-0.1, -0.05) is 12.1 Å².